The fraction of sp³-hybridized carbons (Fsp3) is 0.125. The molecule has 0 radical (unpaired) electrons. The lowest BCUT2D eigenvalue weighted by Gasteiger charge is -2.18. The van der Waals surface area contributed by atoms with Crippen molar-refractivity contribution in [2.75, 3.05) is 11.9 Å². The van der Waals surface area contributed by atoms with Gasteiger partial charge in [-0.2, -0.15) is 13.2 Å². The molecule has 0 aliphatic rings. The van der Waals surface area contributed by atoms with E-state index in [9.17, 15) is 18.0 Å². The van der Waals surface area contributed by atoms with Gasteiger partial charge in [-0.1, -0.05) is 11.6 Å². The van der Waals surface area contributed by atoms with E-state index in [1.165, 1.54) is 24.3 Å². The van der Waals surface area contributed by atoms with Gasteiger partial charge in [-0.15, -0.1) is 0 Å². The van der Waals surface area contributed by atoms with E-state index in [0.717, 1.165) is 7.05 Å². The maximum absolute atomic E-state index is 12.5. The lowest BCUT2D eigenvalue weighted by Crippen LogP contribution is -2.38. The molecule has 0 atom stereocenters. The highest BCUT2D eigenvalue weighted by atomic mass is 35.5. The Morgan fingerprint density at radius 2 is 1.83 bits per heavy atom. The van der Waals surface area contributed by atoms with Gasteiger partial charge in [-0.25, -0.2) is 4.98 Å². The molecular formula is C16H10ClF3N2O2. The molecule has 0 aliphatic heterocycles. The van der Waals surface area contributed by atoms with E-state index < -0.39 is 12.1 Å². The molecule has 0 spiro atoms. The zero-order valence-electron chi connectivity index (χ0n) is 12.3. The second-order valence-electron chi connectivity index (χ2n) is 5.04. The van der Waals surface area contributed by atoms with Gasteiger partial charge in [0.05, 0.1) is 0 Å². The van der Waals surface area contributed by atoms with Crippen molar-refractivity contribution in [2.45, 2.75) is 6.18 Å². The van der Waals surface area contributed by atoms with Gasteiger partial charge in [0, 0.05) is 23.3 Å². The topological polar surface area (TPSA) is 46.3 Å². The maximum atomic E-state index is 12.5. The summed E-state index contributed by atoms with van der Waals surface area (Å²) in [6, 6.07) is 10.8. The van der Waals surface area contributed by atoms with Crippen molar-refractivity contribution < 1.29 is 22.4 Å². The number of benzene rings is 2. The second-order valence-corrected chi connectivity index (χ2v) is 5.48. The molecule has 8 heteroatoms. The molecule has 0 unspecified atom stereocenters. The monoisotopic (exact) mass is 354 g/mol. The minimum atomic E-state index is -4.92. The van der Waals surface area contributed by atoms with Crippen molar-refractivity contribution in [1.29, 1.82) is 0 Å². The number of anilines is 1. The second kappa shape index (κ2) is 5.83. The third kappa shape index (κ3) is 3.07. The summed E-state index contributed by atoms with van der Waals surface area (Å²) in [4.78, 5) is 16.0. The molecule has 0 fully saturated rings. The number of carbonyl (C=O) groups excluding carboxylic acids is 1. The number of aromatic nitrogens is 1. The Hall–Kier alpha value is -2.54. The molecule has 0 N–H and O–H groups in total. The van der Waals surface area contributed by atoms with Crippen LogP contribution in [0, 0.1) is 0 Å². The Kier molecular flexibility index (Phi) is 3.96. The Morgan fingerprint density at radius 3 is 2.46 bits per heavy atom. The summed E-state index contributed by atoms with van der Waals surface area (Å²) in [5.74, 6) is -1.63. The van der Waals surface area contributed by atoms with E-state index in [2.05, 4.69) is 4.98 Å². The lowest BCUT2D eigenvalue weighted by molar-refractivity contribution is -0.170. The number of rotatable bonds is 2. The molecule has 124 valence electrons. The average molecular weight is 355 g/mol. The fourth-order valence-corrected chi connectivity index (χ4v) is 2.33. The Bertz CT molecular complexity index is 904. The first-order chi connectivity index (χ1) is 11.3. The van der Waals surface area contributed by atoms with Crippen molar-refractivity contribution in [3.05, 3.63) is 47.5 Å². The molecule has 3 rings (SSSR count). The number of alkyl halides is 3. The smallest absolute Gasteiger partial charge is 0.436 e. The first-order valence-electron chi connectivity index (χ1n) is 6.77. The van der Waals surface area contributed by atoms with Crippen LogP contribution in [0.25, 0.3) is 22.6 Å². The Balaban J connectivity index is 1.89. The van der Waals surface area contributed by atoms with Crippen LogP contribution in [0.2, 0.25) is 5.02 Å². The van der Waals surface area contributed by atoms with Gasteiger partial charge in [0.15, 0.2) is 5.58 Å². The summed E-state index contributed by atoms with van der Waals surface area (Å²) in [7, 11) is 1.06. The summed E-state index contributed by atoms with van der Waals surface area (Å²) < 4.78 is 42.9. The van der Waals surface area contributed by atoms with Gasteiger partial charge in [0.25, 0.3) is 0 Å². The number of halogens is 4. The molecule has 0 saturated carbocycles. The fourth-order valence-electron chi connectivity index (χ4n) is 2.16. The van der Waals surface area contributed by atoms with Crippen LogP contribution in [0.4, 0.5) is 18.9 Å². The number of hydrogen-bond acceptors (Lipinski definition) is 3. The largest absolute Gasteiger partial charge is 0.471 e. The van der Waals surface area contributed by atoms with Crippen LogP contribution in [0.3, 0.4) is 0 Å². The number of carbonyl (C=O) groups is 1. The van der Waals surface area contributed by atoms with E-state index in [4.69, 9.17) is 16.0 Å². The summed E-state index contributed by atoms with van der Waals surface area (Å²) in [6.07, 6.45) is -4.92. The number of oxazole rings is 1. The Morgan fingerprint density at radius 1 is 1.17 bits per heavy atom. The molecule has 0 saturated heterocycles. The molecule has 0 bridgehead atoms. The van der Waals surface area contributed by atoms with Gasteiger partial charge in [-0.3, -0.25) is 4.79 Å². The molecule has 0 aliphatic carbocycles. The van der Waals surface area contributed by atoms with E-state index in [1.807, 2.05) is 0 Å². The summed E-state index contributed by atoms with van der Waals surface area (Å²) in [5.41, 5.74) is 1.80. The van der Waals surface area contributed by atoms with Crippen molar-refractivity contribution in [2.24, 2.45) is 0 Å². The summed E-state index contributed by atoms with van der Waals surface area (Å²) in [5, 5.41) is 0.519. The van der Waals surface area contributed by atoms with Crippen molar-refractivity contribution in [1.82, 2.24) is 4.98 Å². The number of nitrogens with zero attached hydrogens (tertiary/aromatic N) is 2. The normalized spacial score (nSPS) is 11.7. The van der Waals surface area contributed by atoms with Gasteiger partial charge in [-0.05, 0) is 42.5 Å². The molecular weight excluding hydrogens is 345 g/mol. The molecule has 24 heavy (non-hydrogen) atoms. The van der Waals surface area contributed by atoms with Crippen LogP contribution >= 0.6 is 11.6 Å². The standard InChI is InChI=1S/C16H10ClF3N2O2/c1-22(15(23)16(18,19)20)11-5-2-9(3-6-11)14-21-12-8-10(17)4-7-13(12)24-14/h2-8H,1H3. The minimum Gasteiger partial charge on any atom is -0.436 e. The molecule has 4 nitrogen and oxygen atoms in total. The zero-order chi connectivity index (χ0) is 17.5. The predicted molar refractivity (Wildman–Crippen MR) is 83.9 cm³/mol. The molecule has 1 heterocycles. The molecule has 1 aromatic heterocycles. The highest BCUT2D eigenvalue weighted by Gasteiger charge is 2.41. The number of fused-ring (bicyclic) bond motifs is 1. The van der Waals surface area contributed by atoms with Crippen molar-refractivity contribution in [3.63, 3.8) is 0 Å². The van der Waals surface area contributed by atoms with Gasteiger partial charge < -0.3 is 9.32 Å². The van der Waals surface area contributed by atoms with Crippen LogP contribution in [-0.2, 0) is 4.79 Å². The molecule has 3 aromatic rings. The third-order valence-corrected chi connectivity index (χ3v) is 3.63. The minimum absolute atomic E-state index is 0.111. The first kappa shape index (κ1) is 16.3. The highest BCUT2D eigenvalue weighted by Crippen LogP contribution is 2.28. The summed E-state index contributed by atoms with van der Waals surface area (Å²) >= 11 is 5.89. The van der Waals surface area contributed by atoms with E-state index in [0.29, 0.717) is 32.5 Å². The average Bonchev–Trinajstić information content (AvgIpc) is 2.95. The summed E-state index contributed by atoms with van der Waals surface area (Å²) in [6.45, 7) is 0. The van der Waals surface area contributed by atoms with Crippen molar-refractivity contribution in [3.8, 4) is 11.5 Å². The predicted octanol–water partition coefficient (Wildman–Crippen LogP) is 4.67. The first-order valence-corrected chi connectivity index (χ1v) is 7.15. The van der Waals surface area contributed by atoms with Gasteiger partial charge in [0.1, 0.15) is 5.52 Å². The van der Waals surface area contributed by atoms with Crippen molar-refractivity contribution >= 4 is 34.3 Å². The number of hydrogen-bond donors (Lipinski definition) is 0. The SMILES string of the molecule is CN(C(=O)C(F)(F)F)c1ccc(-c2nc3cc(Cl)ccc3o2)cc1. The molecule has 2 aromatic carbocycles. The van der Waals surface area contributed by atoms with Crippen LogP contribution < -0.4 is 4.90 Å². The van der Waals surface area contributed by atoms with E-state index >= 15 is 0 Å². The Labute approximate surface area is 139 Å². The van der Waals surface area contributed by atoms with Gasteiger partial charge in [0.2, 0.25) is 5.89 Å². The van der Waals surface area contributed by atoms with Crippen LogP contribution in [-0.4, -0.2) is 24.1 Å². The number of amides is 1. The molecule has 1 amide bonds. The van der Waals surface area contributed by atoms with E-state index in [1.54, 1.807) is 18.2 Å². The quantitative estimate of drug-likeness (QED) is 0.671. The lowest BCUT2D eigenvalue weighted by atomic mass is 10.2. The third-order valence-electron chi connectivity index (χ3n) is 3.40. The highest BCUT2D eigenvalue weighted by molar-refractivity contribution is 6.31. The van der Waals surface area contributed by atoms with Crippen LogP contribution in [0.1, 0.15) is 0 Å². The maximum Gasteiger partial charge on any atom is 0.471 e. The van der Waals surface area contributed by atoms with Crippen LogP contribution in [0.15, 0.2) is 46.9 Å². The van der Waals surface area contributed by atoms with Crippen LogP contribution in [0.5, 0.6) is 0 Å². The van der Waals surface area contributed by atoms with Gasteiger partial charge >= 0.3 is 12.1 Å². The van der Waals surface area contributed by atoms with E-state index in [-0.39, 0.29) is 5.69 Å². The zero-order valence-corrected chi connectivity index (χ0v) is 13.0.